The van der Waals surface area contributed by atoms with Gasteiger partial charge in [-0.25, -0.2) is 0 Å². The lowest BCUT2D eigenvalue weighted by atomic mass is 10.0. The van der Waals surface area contributed by atoms with Crippen molar-refractivity contribution >= 4 is 11.6 Å². The smallest absolute Gasteiger partial charge is 0.0412 e. The van der Waals surface area contributed by atoms with Crippen LogP contribution in [0.3, 0.4) is 0 Å². The van der Waals surface area contributed by atoms with Gasteiger partial charge in [-0.2, -0.15) is 0 Å². The number of halogens is 1. The highest BCUT2D eigenvalue weighted by molar-refractivity contribution is 6.30. The summed E-state index contributed by atoms with van der Waals surface area (Å²) in [5.74, 6) is 0. The normalized spacial score (nSPS) is 10.1. The predicted octanol–water partition coefficient (Wildman–Crippen LogP) is 3.71. The predicted molar refractivity (Wildman–Crippen MR) is 59.4 cm³/mol. The first-order valence-corrected chi connectivity index (χ1v) is 4.82. The lowest BCUT2D eigenvalue weighted by Gasteiger charge is -2.04. The summed E-state index contributed by atoms with van der Waals surface area (Å²) in [4.78, 5) is 4.06. The highest BCUT2D eigenvalue weighted by Gasteiger charge is 2.00. The van der Waals surface area contributed by atoms with Crippen molar-refractivity contribution < 1.29 is 0 Å². The van der Waals surface area contributed by atoms with Crippen LogP contribution in [0.25, 0.3) is 11.1 Å². The van der Waals surface area contributed by atoms with E-state index in [2.05, 4.69) is 4.98 Å². The SMILES string of the molecule is Cc1cnccc1-c1cccc(Cl)c1. The first kappa shape index (κ1) is 9.22. The molecule has 0 unspecified atom stereocenters. The van der Waals surface area contributed by atoms with Gasteiger partial charge in [0.2, 0.25) is 0 Å². The van der Waals surface area contributed by atoms with E-state index in [0.29, 0.717) is 0 Å². The molecule has 0 saturated carbocycles. The largest absolute Gasteiger partial charge is 0.264 e. The van der Waals surface area contributed by atoms with Crippen LogP contribution < -0.4 is 0 Å². The summed E-state index contributed by atoms with van der Waals surface area (Å²) in [6, 6.07) is 9.85. The van der Waals surface area contributed by atoms with Crippen molar-refractivity contribution in [2.45, 2.75) is 6.92 Å². The van der Waals surface area contributed by atoms with E-state index in [1.165, 1.54) is 5.56 Å². The van der Waals surface area contributed by atoms with Gasteiger partial charge in [-0.1, -0.05) is 23.7 Å². The van der Waals surface area contributed by atoms with E-state index >= 15 is 0 Å². The second kappa shape index (κ2) is 3.81. The molecule has 0 aliphatic carbocycles. The van der Waals surface area contributed by atoms with Crippen LogP contribution >= 0.6 is 11.6 Å². The average Bonchev–Trinajstić information content (AvgIpc) is 2.18. The fraction of sp³-hybridized carbons (Fsp3) is 0.0833. The van der Waals surface area contributed by atoms with Crippen LogP contribution in [0.5, 0.6) is 0 Å². The maximum absolute atomic E-state index is 5.93. The molecular formula is C12H10ClN. The van der Waals surface area contributed by atoms with Crippen LogP contribution in [-0.4, -0.2) is 4.98 Å². The standard InChI is InChI=1S/C12H10ClN/c1-9-8-14-6-5-12(9)10-3-2-4-11(13)7-10/h2-8H,1H3. The third kappa shape index (κ3) is 1.78. The number of hydrogen-bond donors (Lipinski definition) is 0. The Kier molecular flexibility index (Phi) is 2.51. The van der Waals surface area contributed by atoms with Gasteiger partial charge in [0.05, 0.1) is 0 Å². The van der Waals surface area contributed by atoms with Gasteiger partial charge in [0.1, 0.15) is 0 Å². The molecule has 2 rings (SSSR count). The van der Waals surface area contributed by atoms with Gasteiger partial charge in [0.25, 0.3) is 0 Å². The summed E-state index contributed by atoms with van der Waals surface area (Å²) < 4.78 is 0. The van der Waals surface area contributed by atoms with E-state index in [-0.39, 0.29) is 0 Å². The number of aromatic nitrogens is 1. The van der Waals surface area contributed by atoms with Gasteiger partial charge in [-0.3, -0.25) is 4.98 Å². The quantitative estimate of drug-likeness (QED) is 0.689. The van der Waals surface area contributed by atoms with Crippen molar-refractivity contribution in [2.75, 3.05) is 0 Å². The van der Waals surface area contributed by atoms with Crippen LogP contribution in [0.15, 0.2) is 42.7 Å². The van der Waals surface area contributed by atoms with Gasteiger partial charge in [0.15, 0.2) is 0 Å². The number of rotatable bonds is 1. The number of aryl methyl sites for hydroxylation is 1. The molecule has 0 aliphatic rings. The highest BCUT2D eigenvalue weighted by Crippen LogP contribution is 2.24. The van der Waals surface area contributed by atoms with Crippen molar-refractivity contribution in [3.05, 3.63) is 53.3 Å². The van der Waals surface area contributed by atoms with Crippen LogP contribution in [0.1, 0.15) is 5.56 Å². The Morgan fingerprint density at radius 2 is 2.07 bits per heavy atom. The molecule has 0 atom stereocenters. The summed E-state index contributed by atoms with van der Waals surface area (Å²) in [5.41, 5.74) is 3.48. The second-order valence-electron chi connectivity index (χ2n) is 3.20. The van der Waals surface area contributed by atoms with Crippen molar-refractivity contribution in [3.8, 4) is 11.1 Å². The van der Waals surface area contributed by atoms with Gasteiger partial charge < -0.3 is 0 Å². The molecule has 0 spiro atoms. The molecule has 1 nitrogen and oxygen atoms in total. The van der Waals surface area contributed by atoms with Crippen molar-refractivity contribution in [1.29, 1.82) is 0 Å². The van der Waals surface area contributed by atoms with E-state index in [1.807, 2.05) is 43.5 Å². The van der Waals surface area contributed by atoms with Crippen LogP contribution in [0, 0.1) is 6.92 Å². The molecule has 0 saturated heterocycles. The van der Waals surface area contributed by atoms with Crippen molar-refractivity contribution in [3.63, 3.8) is 0 Å². The molecule has 1 aromatic heterocycles. The van der Waals surface area contributed by atoms with E-state index in [4.69, 9.17) is 11.6 Å². The first-order chi connectivity index (χ1) is 6.77. The Hall–Kier alpha value is -1.34. The Labute approximate surface area is 88.4 Å². The molecule has 2 aromatic rings. The fourth-order valence-electron chi connectivity index (χ4n) is 1.45. The Morgan fingerprint density at radius 1 is 1.21 bits per heavy atom. The van der Waals surface area contributed by atoms with Gasteiger partial charge in [-0.05, 0) is 41.8 Å². The monoisotopic (exact) mass is 203 g/mol. The molecule has 2 heteroatoms. The third-order valence-electron chi connectivity index (χ3n) is 2.16. The Balaban J connectivity index is 2.55. The molecule has 0 bridgehead atoms. The molecule has 0 N–H and O–H groups in total. The summed E-state index contributed by atoms with van der Waals surface area (Å²) in [7, 11) is 0. The minimum absolute atomic E-state index is 0.763. The number of nitrogens with zero attached hydrogens (tertiary/aromatic N) is 1. The number of hydrogen-bond acceptors (Lipinski definition) is 1. The molecule has 0 radical (unpaired) electrons. The maximum Gasteiger partial charge on any atom is 0.0412 e. The summed E-state index contributed by atoms with van der Waals surface area (Å²) in [6.07, 6.45) is 3.65. The zero-order valence-electron chi connectivity index (χ0n) is 7.87. The number of benzene rings is 1. The van der Waals surface area contributed by atoms with Gasteiger partial charge in [-0.15, -0.1) is 0 Å². The lowest BCUT2D eigenvalue weighted by molar-refractivity contribution is 1.27. The summed E-state index contributed by atoms with van der Waals surface area (Å²) >= 11 is 5.93. The first-order valence-electron chi connectivity index (χ1n) is 4.44. The zero-order valence-corrected chi connectivity index (χ0v) is 8.62. The molecule has 70 valence electrons. The molecule has 0 amide bonds. The van der Waals surface area contributed by atoms with E-state index in [1.54, 1.807) is 6.20 Å². The van der Waals surface area contributed by atoms with Gasteiger partial charge in [0, 0.05) is 17.4 Å². The molecule has 0 fully saturated rings. The molecule has 0 aliphatic heterocycles. The molecule has 1 heterocycles. The van der Waals surface area contributed by atoms with E-state index in [0.717, 1.165) is 16.1 Å². The second-order valence-corrected chi connectivity index (χ2v) is 3.64. The maximum atomic E-state index is 5.93. The van der Waals surface area contributed by atoms with E-state index < -0.39 is 0 Å². The van der Waals surface area contributed by atoms with Crippen LogP contribution in [0.2, 0.25) is 5.02 Å². The van der Waals surface area contributed by atoms with Crippen LogP contribution in [0.4, 0.5) is 0 Å². The number of pyridine rings is 1. The minimum atomic E-state index is 0.763. The van der Waals surface area contributed by atoms with Gasteiger partial charge >= 0.3 is 0 Å². The Morgan fingerprint density at radius 3 is 2.79 bits per heavy atom. The zero-order chi connectivity index (χ0) is 9.97. The lowest BCUT2D eigenvalue weighted by Crippen LogP contribution is -1.83. The Bertz CT molecular complexity index is 452. The van der Waals surface area contributed by atoms with E-state index in [9.17, 15) is 0 Å². The minimum Gasteiger partial charge on any atom is -0.264 e. The molecule has 14 heavy (non-hydrogen) atoms. The van der Waals surface area contributed by atoms with Crippen molar-refractivity contribution in [2.24, 2.45) is 0 Å². The van der Waals surface area contributed by atoms with Crippen molar-refractivity contribution in [1.82, 2.24) is 4.98 Å². The third-order valence-corrected chi connectivity index (χ3v) is 2.39. The molecule has 1 aromatic carbocycles. The summed E-state index contributed by atoms with van der Waals surface area (Å²) in [6.45, 7) is 2.04. The molecular weight excluding hydrogens is 194 g/mol. The fourth-order valence-corrected chi connectivity index (χ4v) is 1.64. The van der Waals surface area contributed by atoms with Crippen LogP contribution in [-0.2, 0) is 0 Å². The summed E-state index contributed by atoms with van der Waals surface area (Å²) in [5, 5.41) is 0.763. The topological polar surface area (TPSA) is 12.9 Å². The average molecular weight is 204 g/mol. The highest BCUT2D eigenvalue weighted by atomic mass is 35.5.